The third-order valence-electron chi connectivity index (χ3n) is 4.45. The summed E-state index contributed by atoms with van der Waals surface area (Å²) in [4.78, 5) is 11.0. The van der Waals surface area contributed by atoms with Crippen LogP contribution < -0.4 is 5.73 Å². The molecule has 3 N–H and O–H groups in total. The first-order valence-corrected chi connectivity index (χ1v) is 7.14. The van der Waals surface area contributed by atoms with Gasteiger partial charge in [0, 0.05) is 19.2 Å². The largest absolute Gasteiger partial charge is 0.475 e. The average molecular weight is 289 g/mol. The Bertz CT molecular complexity index is 640. The van der Waals surface area contributed by atoms with Crippen molar-refractivity contribution in [2.75, 3.05) is 7.11 Å². The number of rotatable bonds is 3. The van der Waals surface area contributed by atoms with E-state index in [-0.39, 0.29) is 5.76 Å². The Labute approximate surface area is 123 Å². The van der Waals surface area contributed by atoms with Crippen molar-refractivity contribution in [2.45, 2.75) is 37.7 Å². The molecule has 2 aliphatic rings. The van der Waals surface area contributed by atoms with E-state index in [1.165, 1.54) is 30.1 Å². The molecule has 5 heteroatoms. The predicted octanol–water partition coefficient (Wildman–Crippen LogP) is 2.94. The Morgan fingerprint density at radius 2 is 2.14 bits per heavy atom. The smallest absolute Gasteiger partial charge is 0.371 e. The molecule has 0 saturated heterocycles. The Kier molecular flexibility index (Phi) is 3.37. The maximum Gasteiger partial charge on any atom is 0.371 e. The number of nitrogens with two attached hydrogens (primary N) is 1. The van der Waals surface area contributed by atoms with E-state index in [1.54, 1.807) is 13.2 Å². The van der Waals surface area contributed by atoms with Crippen LogP contribution in [0, 0.1) is 0 Å². The molecule has 21 heavy (non-hydrogen) atoms. The quantitative estimate of drug-likeness (QED) is 0.893. The molecule has 0 fully saturated rings. The molecular formula is C16H19NO4. The van der Waals surface area contributed by atoms with Crippen LogP contribution in [0.1, 0.15) is 48.4 Å². The third kappa shape index (κ3) is 2.17. The number of carboxylic acid groups (broad SMARTS) is 1. The molecule has 0 amide bonds. The fraction of sp³-hybridized carbons (Fsp3) is 0.438. The summed E-state index contributed by atoms with van der Waals surface area (Å²) in [6, 6.07) is 3.08. The lowest BCUT2D eigenvalue weighted by Gasteiger charge is -2.37. The molecule has 112 valence electrons. The van der Waals surface area contributed by atoms with Crippen LogP contribution in [-0.2, 0) is 10.3 Å². The van der Waals surface area contributed by atoms with Gasteiger partial charge in [-0.25, -0.2) is 4.79 Å². The highest BCUT2D eigenvalue weighted by atomic mass is 16.5. The molecule has 2 aliphatic carbocycles. The van der Waals surface area contributed by atoms with Crippen LogP contribution in [-0.4, -0.2) is 18.2 Å². The first-order chi connectivity index (χ1) is 10.1. The highest BCUT2D eigenvalue weighted by Gasteiger charge is 2.42. The molecule has 0 spiro atoms. The lowest BCUT2D eigenvalue weighted by molar-refractivity contribution is -0.00443. The number of ether oxygens (including phenoxy) is 1. The van der Waals surface area contributed by atoms with Crippen molar-refractivity contribution >= 4 is 5.97 Å². The zero-order chi connectivity index (χ0) is 15.0. The van der Waals surface area contributed by atoms with Gasteiger partial charge in [0.25, 0.3) is 0 Å². The summed E-state index contributed by atoms with van der Waals surface area (Å²) in [5.74, 6) is -0.741. The van der Waals surface area contributed by atoms with Crippen molar-refractivity contribution in [1.29, 1.82) is 0 Å². The van der Waals surface area contributed by atoms with E-state index in [1.807, 2.05) is 6.08 Å². The number of carboxylic acids is 1. The third-order valence-corrected chi connectivity index (χ3v) is 4.45. The van der Waals surface area contributed by atoms with E-state index < -0.39 is 11.6 Å². The first-order valence-electron chi connectivity index (χ1n) is 7.14. The average Bonchev–Trinajstić information content (AvgIpc) is 2.97. The number of hydrogen-bond acceptors (Lipinski definition) is 4. The van der Waals surface area contributed by atoms with Crippen molar-refractivity contribution in [2.24, 2.45) is 5.73 Å². The fourth-order valence-corrected chi connectivity index (χ4v) is 3.26. The van der Waals surface area contributed by atoms with Gasteiger partial charge in [-0.05, 0) is 49.5 Å². The van der Waals surface area contributed by atoms with Gasteiger partial charge in [0.2, 0.25) is 5.76 Å². The molecule has 0 saturated carbocycles. The van der Waals surface area contributed by atoms with Crippen LogP contribution in [0.3, 0.4) is 0 Å². The standard InChI is InChI=1S/C16H19NO4/c1-20-16(14-7-6-12(21-14)15(18)19)9-11-5-3-2-4-10(11)8-13(16)17/h6-8H,2-5,9,17H2,1H3,(H,18,19). The molecule has 1 unspecified atom stereocenters. The minimum Gasteiger partial charge on any atom is -0.475 e. The Morgan fingerprint density at radius 3 is 2.81 bits per heavy atom. The van der Waals surface area contributed by atoms with Gasteiger partial charge >= 0.3 is 5.97 Å². The minimum absolute atomic E-state index is 0.0994. The maximum absolute atomic E-state index is 11.0. The number of furan rings is 1. The fourth-order valence-electron chi connectivity index (χ4n) is 3.26. The number of hydrogen-bond donors (Lipinski definition) is 2. The summed E-state index contributed by atoms with van der Waals surface area (Å²) < 4.78 is 11.2. The molecule has 1 heterocycles. The van der Waals surface area contributed by atoms with Crippen molar-refractivity contribution in [3.63, 3.8) is 0 Å². The molecule has 0 aromatic carbocycles. The molecule has 1 atom stereocenters. The van der Waals surface area contributed by atoms with Crippen LogP contribution >= 0.6 is 0 Å². The molecule has 1 aromatic rings. The number of allylic oxidation sites excluding steroid dienone is 2. The molecule has 1 aromatic heterocycles. The highest BCUT2D eigenvalue weighted by Crippen LogP contribution is 2.45. The molecule has 0 aliphatic heterocycles. The normalized spacial score (nSPS) is 25.5. The number of aromatic carboxylic acids is 1. The van der Waals surface area contributed by atoms with Crippen LogP contribution in [0.2, 0.25) is 0 Å². The molecule has 5 nitrogen and oxygen atoms in total. The topological polar surface area (TPSA) is 85.7 Å². The van der Waals surface area contributed by atoms with Crippen molar-refractivity contribution in [1.82, 2.24) is 0 Å². The summed E-state index contributed by atoms with van der Waals surface area (Å²) >= 11 is 0. The van der Waals surface area contributed by atoms with Gasteiger partial charge in [-0.1, -0.05) is 5.57 Å². The van der Waals surface area contributed by atoms with Gasteiger partial charge in [0.15, 0.2) is 5.60 Å². The van der Waals surface area contributed by atoms with Crippen molar-refractivity contribution in [3.05, 3.63) is 46.6 Å². The van der Waals surface area contributed by atoms with E-state index in [0.29, 0.717) is 17.9 Å². The SMILES string of the molecule is COC1(c2ccc(C(=O)O)o2)CC2=C(C=C1N)CCCC2. The van der Waals surface area contributed by atoms with Crippen LogP contribution in [0.4, 0.5) is 0 Å². The Hall–Kier alpha value is -2.01. The summed E-state index contributed by atoms with van der Waals surface area (Å²) in [5.41, 5.74) is 8.58. The number of carbonyl (C=O) groups is 1. The molecule has 3 rings (SSSR count). The van der Waals surface area contributed by atoms with Gasteiger partial charge in [-0.15, -0.1) is 0 Å². The summed E-state index contributed by atoms with van der Waals surface area (Å²) in [6.45, 7) is 0. The van der Waals surface area contributed by atoms with E-state index in [2.05, 4.69) is 0 Å². The lowest BCUT2D eigenvalue weighted by atomic mass is 9.76. The van der Waals surface area contributed by atoms with Crippen LogP contribution in [0.5, 0.6) is 0 Å². The summed E-state index contributed by atoms with van der Waals surface area (Å²) in [6.07, 6.45) is 7.06. The van der Waals surface area contributed by atoms with Gasteiger partial charge in [-0.2, -0.15) is 0 Å². The zero-order valence-electron chi connectivity index (χ0n) is 12.0. The van der Waals surface area contributed by atoms with E-state index in [4.69, 9.17) is 20.0 Å². The Morgan fingerprint density at radius 1 is 1.38 bits per heavy atom. The predicted molar refractivity (Wildman–Crippen MR) is 76.7 cm³/mol. The number of methoxy groups -OCH3 is 1. The van der Waals surface area contributed by atoms with Crippen molar-refractivity contribution in [3.8, 4) is 0 Å². The maximum atomic E-state index is 11.0. The second kappa shape index (κ2) is 5.07. The van der Waals surface area contributed by atoms with Crippen molar-refractivity contribution < 1.29 is 19.1 Å². The van der Waals surface area contributed by atoms with Gasteiger partial charge in [-0.3, -0.25) is 0 Å². The molecular weight excluding hydrogens is 270 g/mol. The second-order valence-corrected chi connectivity index (χ2v) is 5.61. The zero-order valence-corrected chi connectivity index (χ0v) is 12.0. The van der Waals surface area contributed by atoms with Gasteiger partial charge in [0.05, 0.1) is 0 Å². The summed E-state index contributed by atoms with van der Waals surface area (Å²) in [7, 11) is 1.58. The van der Waals surface area contributed by atoms with E-state index >= 15 is 0 Å². The second-order valence-electron chi connectivity index (χ2n) is 5.61. The Balaban J connectivity index is 2.02. The first kappa shape index (κ1) is 13.9. The van der Waals surface area contributed by atoms with Crippen LogP contribution in [0.15, 0.2) is 39.5 Å². The summed E-state index contributed by atoms with van der Waals surface area (Å²) in [5, 5.41) is 9.02. The highest BCUT2D eigenvalue weighted by molar-refractivity contribution is 5.84. The minimum atomic E-state index is -1.09. The van der Waals surface area contributed by atoms with E-state index in [0.717, 1.165) is 12.8 Å². The molecule has 0 bridgehead atoms. The van der Waals surface area contributed by atoms with E-state index in [9.17, 15) is 4.79 Å². The monoisotopic (exact) mass is 289 g/mol. The lowest BCUT2D eigenvalue weighted by Crippen LogP contribution is -2.37. The van der Waals surface area contributed by atoms with Crippen LogP contribution in [0.25, 0.3) is 0 Å². The van der Waals surface area contributed by atoms with Gasteiger partial charge in [0.1, 0.15) is 5.76 Å². The van der Waals surface area contributed by atoms with Gasteiger partial charge < -0.3 is 20.0 Å². The molecule has 0 radical (unpaired) electrons.